The van der Waals surface area contributed by atoms with Gasteiger partial charge in [0.25, 0.3) is 0 Å². The van der Waals surface area contributed by atoms with E-state index in [9.17, 15) is 0 Å². The molecule has 3 rings (SSSR count). The van der Waals surface area contributed by atoms with E-state index in [1.54, 1.807) is 0 Å². The minimum atomic E-state index is 0.233. The van der Waals surface area contributed by atoms with Crippen molar-refractivity contribution in [2.45, 2.75) is 59.2 Å². The number of aromatic nitrogens is 3. The molecule has 1 fully saturated rings. The van der Waals surface area contributed by atoms with Gasteiger partial charge in [-0.15, -0.1) is 10.2 Å². The summed E-state index contributed by atoms with van der Waals surface area (Å²) in [6.07, 6.45) is 3.41. The molecule has 1 unspecified atom stereocenters. The third-order valence-electron chi connectivity index (χ3n) is 5.21. The van der Waals surface area contributed by atoms with Crippen LogP contribution in [0.3, 0.4) is 0 Å². The minimum absolute atomic E-state index is 0.233. The van der Waals surface area contributed by atoms with Gasteiger partial charge < -0.3 is 24.7 Å². The molecule has 1 aromatic heterocycles. The van der Waals surface area contributed by atoms with Crippen LogP contribution in [0.5, 0.6) is 5.75 Å². The van der Waals surface area contributed by atoms with Crippen molar-refractivity contribution in [3.05, 3.63) is 41.0 Å². The Bertz CT molecular complexity index is 842. The molecule has 2 N–H and O–H groups in total. The number of aliphatic imine (C=N–C) groups is 1. The monoisotopic (exact) mass is 414 g/mol. The zero-order chi connectivity index (χ0) is 21.3. The maximum atomic E-state index is 5.94. The molecule has 1 saturated heterocycles. The summed E-state index contributed by atoms with van der Waals surface area (Å²) < 4.78 is 13.6. The Balaban J connectivity index is 1.69. The lowest BCUT2D eigenvalue weighted by atomic mass is 10.1. The average Bonchev–Trinajstić information content (AvgIpc) is 3.37. The van der Waals surface area contributed by atoms with E-state index in [4.69, 9.17) is 14.5 Å². The van der Waals surface area contributed by atoms with E-state index in [1.807, 2.05) is 18.5 Å². The largest absolute Gasteiger partial charge is 0.493 e. The number of nitrogens with one attached hydrogen (secondary N) is 2. The first-order valence-corrected chi connectivity index (χ1v) is 10.8. The van der Waals surface area contributed by atoms with Crippen LogP contribution in [-0.2, 0) is 24.9 Å². The van der Waals surface area contributed by atoms with Gasteiger partial charge in [-0.1, -0.05) is 19.1 Å². The van der Waals surface area contributed by atoms with Crippen molar-refractivity contribution in [1.82, 2.24) is 25.4 Å². The molecule has 8 heteroatoms. The highest BCUT2D eigenvalue weighted by atomic mass is 16.5. The molecule has 1 atom stereocenters. The van der Waals surface area contributed by atoms with Crippen molar-refractivity contribution in [2.75, 3.05) is 19.8 Å². The summed E-state index contributed by atoms with van der Waals surface area (Å²) >= 11 is 0. The first kappa shape index (κ1) is 22.1. The predicted octanol–water partition coefficient (Wildman–Crippen LogP) is 2.64. The van der Waals surface area contributed by atoms with Crippen LogP contribution in [0, 0.1) is 13.8 Å². The van der Waals surface area contributed by atoms with Gasteiger partial charge in [-0.2, -0.15) is 0 Å². The van der Waals surface area contributed by atoms with E-state index in [2.05, 4.69) is 52.9 Å². The molecule has 1 aromatic carbocycles. The minimum Gasteiger partial charge on any atom is -0.493 e. The van der Waals surface area contributed by atoms with Gasteiger partial charge in [-0.05, 0) is 44.7 Å². The number of ether oxygens (including phenoxy) is 2. The van der Waals surface area contributed by atoms with E-state index < -0.39 is 0 Å². The molecule has 0 radical (unpaired) electrons. The van der Waals surface area contributed by atoms with E-state index in [0.717, 1.165) is 61.3 Å². The summed E-state index contributed by atoms with van der Waals surface area (Å²) in [6, 6.07) is 6.27. The predicted molar refractivity (Wildman–Crippen MR) is 118 cm³/mol. The van der Waals surface area contributed by atoms with Crippen LogP contribution in [-0.4, -0.2) is 46.6 Å². The van der Waals surface area contributed by atoms with Crippen molar-refractivity contribution < 1.29 is 9.47 Å². The van der Waals surface area contributed by atoms with E-state index >= 15 is 0 Å². The normalized spacial score (nSPS) is 16.7. The van der Waals surface area contributed by atoms with Gasteiger partial charge in [0.15, 0.2) is 11.8 Å². The Morgan fingerprint density at radius 2 is 2.17 bits per heavy atom. The van der Waals surface area contributed by atoms with Crippen LogP contribution in [0.15, 0.2) is 23.2 Å². The first-order chi connectivity index (χ1) is 14.6. The third kappa shape index (κ3) is 6.19. The maximum Gasteiger partial charge on any atom is 0.192 e. The van der Waals surface area contributed by atoms with Crippen molar-refractivity contribution in [3.63, 3.8) is 0 Å². The molecule has 0 aliphatic carbocycles. The molecule has 0 saturated carbocycles. The zero-order valence-corrected chi connectivity index (χ0v) is 18.6. The number of guanidine groups is 1. The van der Waals surface area contributed by atoms with Crippen molar-refractivity contribution >= 4 is 5.96 Å². The standard InChI is InChI=1S/C22H34N6O2/c1-5-10-30-20-12-16(2)8-9-18(20)13-23-22(24-14-19-7-6-11-29-19)25-15-21-27-26-17(3)28(21)4/h8-9,12,19H,5-7,10-11,13-15H2,1-4H3,(H2,23,24,25). The van der Waals surface area contributed by atoms with Gasteiger partial charge in [0.05, 0.1) is 25.8 Å². The zero-order valence-electron chi connectivity index (χ0n) is 18.6. The van der Waals surface area contributed by atoms with Gasteiger partial charge in [-0.25, -0.2) is 4.99 Å². The molecule has 30 heavy (non-hydrogen) atoms. The topological polar surface area (TPSA) is 85.6 Å². The van der Waals surface area contributed by atoms with Gasteiger partial charge in [0.1, 0.15) is 11.6 Å². The number of nitrogens with zero attached hydrogens (tertiary/aromatic N) is 4. The lowest BCUT2D eigenvalue weighted by molar-refractivity contribution is 0.113. The third-order valence-corrected chi connectivity index (χ3v) is 5.21. The highest BCUT2D eigenvalue weighted by Gasteiger charge is 2.16. The molecule has 1 aliphatic rings. The summed E-state index contributed by atoms with van der Waals surface area (Å²) in [5, 5.41) is 15.1. The molecule has 0 amide bonds. The molecule has 8 nitrogen and oxygen atoms in total. The second-order valence-electron chi connectivity index (χ2n) is 7.72. The Morgan fingerprint density at radius 1 is 1.30 bits per heavy atom. The highest BCUT2D eigenvalue weighted by Crippen LogP contribution is 2.21. The van der Waals surface area contributed by atoms with Crippen LogP contribution in [0.4, 0.5) is 0 Å². The second kappa shape index (κ2) is 11.0. The van der Waals surface area contributed by atoms with Crippen molar-refractivity contribution in [3.8, 4) is 5.75 Å². The Labute approximate surface area is 179 Å². The van der Waals surface area contributed by atoms with Gasteiger partial charge in [0.2, 0.25) is 0 Å². The van der Waals surface area contributed by atoms with Crippen molar-refractivity contribution in [1.29, 1.82) is 0 Å². The number of rotatable bonds is 9. The molecule has 0 spiro atoms. The highest BCUT2D eigenvalue weighted by molar-refractivity contribution is 5.79. The maximum absolute atomic E-state index is 5.94. The lowest BCUT2D eigenvalue weighted by Gasteiger charge is -2.16. The summed E-state index contributed by atoms with van der Waals surface area (Å²) in [6.45, 7) is 9.47. The fraction of sp³-hybridized carbons (Fsp3) is 0.591. The number of aryl methyl sites for hydroxylation is 2. The van der Waals surface area contributed by atoms with Crippen LogP contribution in [0.25, 0.3) is 0 Å². The molecule has 2 aromatic rings. The van der Waals surface area contributed by atoms with E-state index in [1.165, 1.54) is 5.56 Å². The summed E-state index contributed by atoms with van der Waals surface area (Å²) in [5.41, 5.74) is 2.25. The molecular formula is C22H34N6O2. The summed E-state index contributed by atoms with van der Waals surface area (Å²) in [4.78, 5) is 4.81. The summed E-state index contributed by atoms with van der Waals surface area (Å²) in [7, 11) is 1.96. The smallest absolute Gasteiger partial charge is 0.192 e. The number of hydrogen-bond donors (Lipinski definition) is 2. The average molecular weight is 415 g/mol. The Hall–Kier alpha value is -2.61. The summed E-state index contributed by atoms with van der Waals surface area (Å²) in [5.74, 6) is 3.38. The fourth-order valence-corrected chi connectivity index (χ4v) is 3.26. The van der Waals surface area contributed by atoms with Gasteiger partial charge in [0, 0.05) is 25.8 Å². The van der Waals surface area contributed by atoms with Crippen LogP contribution in [0.2, 0.25) is 0 Å². The first-order valence-electron chi connectivity index (χ1n) is 10.8. The SMILES string of the molecule is CCCOc1cc(C)ccc1CN=C(NCc1nnc(C)n1C)NCC1CCCO1. The van der Waals surface area contributed by atoms with Crippen LogP contribution >= 0.6 is 0 Å². The quantitative estimate of drug-likeness (QED) is 0.485. The van der Waals surface area contributed by atoms with Gasteiger partial charge >= 0.3 is 0 Å². The molecule has 1 aliphatic heterocycles. The Morgan fingerprint density at radius 3 is 2.87 bits per heavy atom. The van der Waals surface area contributed by atoms with Crippen LogP contribution in [0.1, 0.15) is 49.0 Å². The number of benzene rings is 1. The molecule has 2 heterocycles. The molecule has 164 valence electrons. The fourth-order valence-electron chi connectivity index (χ4n) is 3.26. The molecule has 0 bridgehead atoms. The second-order valence-corrected chi connectivity index (χ2v) is 7.72. The van der Waals surface area contributed by atoms with Gasteiger partial charge in [-0.3, -0.25) is 0 Å². The van der Waals surface area contributed by atoms with E-state index in [0.29, 0.717) is 19.7 Å². The van der Waals surface area contributed by atoms with E-state index in [-0.39, 0.29) is 6.10 Å². The molecular weight excluding hydrogens is 380 g/mol. The number of hydrogen-bond acceptors (Lipinski definition) is 5. The Kier molecular flexibility index (Phi) is 8.07. The van der Waals surface area contributed by atoms with Crippen LogP contribution < -0.4 is 15.4 Å². The van der Waals surface area contributed by atoms with Crippen molar-refractivity contribution in [2.24, 2.45) is 12.0 Å². The lowest BCUT2D eigenvalue weighted by Crippen LogP contribution is -2.41.